The van der Waals surface area contributed by atoms with Crippen molar-refractivity contribution < 1.29 is 22.9 Å². The number of non-ortho nitro benzene ring substituents is 1. The summed E-state index contributed by atoms with van der Waals surface area (Å²) in [4.78, 5) is 22.7. The SMILES string of the molecule is COc1ccc(S(=O)(=O)N(CC(=O)N/N=C\c2ccc([N+](=O)[O-])cc2)c2ccc(Cl)cc2)cc1. The van der Waals surface area contributed by atoms with Crippen molar-refractivity contribution in [2.75, 3.05) is 18.0 Å². The van der Waals surface area contributed by atoms with Crippen LogP contribution in [0.5, 0.6) is 5.75 Å². The molecule has 176 valence electrons. The lowest BCUT2D eigenvalue weighted by atomic mass is 10.2. The van der Waals surface area contributed by atoms with Gasteiger partial charge in [-0.1, -0.05) is 11.6 Å². The molecule has 0 saturated carbocycles. The Kier molecular flexibility index (Phi) is 7.82. The zero-order valence-electron chi connectivity index (χ0n) is 17.8. The summed E-state index contributed by atoms with van der Waals surface area (Å²) in [5.74, 6) is -0.222. The van der Waals surface area contributed by atoms with Gasteiger partial charge in [0, 0.05) is 17.2 Å². The molecule has 1 N–H and O–H groups in total. The molecule has 0 fully saturated rings. The van der Waals surface area contributed by atoms with Gasteiger partial charge in [-0.2, -0.15) is 5.10 Å². The van der Waals surface area contributed by atoms with E-state index in [9.17, 15) is 23.3 Å². The first-order chi connectivity index (χ1) is 16.2. The maximum Gasteiger partial charge on any atom is 0.269 e. The van der Waals surface area contributed by atoms with Gasteiger partial charge < -0.3 is 4.74 Å². The quantitative estimate of drug-likeness (QED) is 0.270. The highest BCUT2D eigenvalue weighted by atomic mass is 35.5. The topological polar surface area (TPSA) is 131 Å². The number of nitro groups is 1. The van der Waals surface area contributed by atoms with E-state index >= 15 is 0 Å². The summed E-state index contributed by atoms with van der Waals surface area (Å²) in [6.45, 7) is -0.562. The van der Waals surface area contributed by atoms with Gasteiger partial charge >= 0.3 is 0 Å². The predicted octanol–water partition coefficient (Wildman–Crippen LogP) is 3.60. The second-order valence-corrected chi connectivity index (χ2v) is 9.10. The van der Waals surface area contributed by atoms with Gasteiger partial charge in [0.05, 0.1) is 28.8 Å². The number of sulfonamides is 1. The van der Waals surface area contributed by atoms with Crippen LogP contribution in [0.2, 0.25) is 5.02 Å². The summed E-state index contributed by atoms with van der Waals surface area (Å²) in [6, 6.07) is 17.3. The minimum absolute atomic E-state index is 0.0366. The number of carbonyl (C=O) groups excluding carboxylic acids is 1. The molecule has 0 radical (unpaired) electrons. The number of hydrogen-bond acceptors (Lipinski definition) is 7. The van der Waals surface area contributed by atoms with Crippen molar-refractivity contribution in [1.82, 2.24) is 5.43 Å². The number of rotatable bonds is 9. The number of amides is 1. The number of carbonyl (C=O) groups is 1. The average molecular weight is 503 g/mol. The van der Waals surface area contributed by atoms with Gasteiger partial charge in [0.1, 0.15) is 12.3 Å². The maximum absolute atomic E-state index is 13.3. The Bertz CT molecular complexity index is 1290. The molecule has 0 aliphatic carbocycles. The Morgan fingerprint density at radius 2 is 1.71 bits per heavy atom. The molecule has 0 unspecified atom stereocenters. The lowest BCUT2D eigenvalue weighted by Crippen LogP contribution is -2.39. The number of nitrogens with zero attached hydrogens (tertiary/aromatic N) is 3. The molecule has 0 aromatic heterocycles. The Hall–Kier alpha value is -3.96. The van der Waals surface area contributed by atoms with Gasteiger partial charge in [0.25, 0.3) is 21.6 Å². The van der Waals surface area contributed by atoms with Crippen LogP contribution in [0.1, 0.15) is 5.56 Å². The van der Waals surface area contributed by atoms with E-state index in [0.29, 0.717) is 16.3 Å². The minimum atomic E-state index is -4.12. The molecule has 0 spiro atoms. The van der Waals surface area contributed by atoms with Gasteiger partial charge in [-0.15, -0.1) is 0 Å². The summed E-state index contributed by atoms with van der Waals surface area (Å²) in [6.07, 6.45) is 1.28. The normalized spacial score (nSPS) is 11.2. The molecule has 1 amide bonds. The van der Waals surface area contributed by atoms with Gasteiger partial charge in [-0.3, -0.25) is 19.2 Å². The lowest BCUT2D eigenvalue weighted by Gasteiger charge is -2.23. The smallest absolute Gasteiger partial charge is 0.269 e. The molecule has 34 heavy (non-hydrogen) atoms. The summed E-state index contributed by atoms with van der Waals surface area (Å²) in [5, 5.41) is 14.9. The molecule has 0 aliphatic heterocycles. The number of ether oxygens (including phenoxy) is 1. The number of halogens is 1. The monoisotopic (exact) mass is 502 g/mol. The maximum atomic E-state index is 13.3. The minimum Gasteiger partial charge on any atom is -0.497 e. The van der Waals surface area contributed by atoms with Crippen molar-refractivity contribution in [3.05, 3.63) is 93.5 Å². The molecule has 12 heteroatoms. The third-order valence-corrected chi connectivity index (χ3v) is 6.60. The number of hydrogen-bond donors (Lipinski definition) is 1. The first-order valence-electron chi connectivity index (χ1n) is 9.69. The van der Waals surface area contributed by atoms with Crippen LogP contribution in [-0.4, -0.2) is 39.1 Å². The third kappa shape index (κ3) is 6.09. The standard InChI is InChI=1S/C22H19ClN4O6S/c1-33-20-10-12-21(13-11-20)34(31,32)26(18-8-4-17(23)5-9-18)15-22(28)25-24-14-16-2-6-19(7-3-16)27(29)30/h2-14H,15H2,1H3,(H,25,28)/b24-14-. The van der Waals surface area contributed by atoms with Gasteiger partial charge in [0.2, 0.25) is 0 Å². The summed E-state index contributed by atoms with van der Waals surface area (Å²) in [5.41, 5.74) is 2.92. The number of nitro benzene ring substituents is 1. The Balaban J connectivity index is 1.80. The van der Waals surface area contributed by atoms with Crippen LogP contribution < -0.4 is 14.5 Å². The molecule has 0 bridgehead atoms. The predicted molar refractivity (Wildman–Crippen MR) is 128 cm³/mol. The highest BCUT2D eigenvalue weighted by molar-refractivity contribution is 7.92. The number of anilines is 1. The molecule has 0 aliphatic rings. The molecular weight excluding hydrogens is 484 g/mol. The van der Waals surface area contributed by atoms with Crippen LogP contribution in [-0.2, 0) is 14.8 Å². The summed E-state index contributed by atoms with van der Waals surface area (Å²) < 4.78 is 32.6. The van der Waals surface area contributed by atoms with Gasteiger partial charge in [-0.25, -0.2) is 13.8 Å². The lowest BCUT2D eigenvalue weighted by molar-refractivity contribution is -0.384. The summed E-state index contributed by atoms with van der Waals surface area (Å²) >= 11 is 5.92. The van der Waals surface area contributed by atoms with Crippen molar-refractivity contribution in [1.29, 1.82) is 0 Å². The molecule has 0 saturated heterocycles. The molecule has 3 aromatic carbocycles. The highest BCUT2D eigenvalue weighted by Gasteiger charge is 2.27. The van der Waals surface area contributed by atoms with Crippen molar-refractivity contribution in [2.45, 2.75) is 4.90 Å². The van der Waals surface area contributed by atoms with E-state index in [1.54, 1.807) is 0 Å². The molecule has 10 nitrogen and oxygen atoms in total. The molecule has 0 heterocycles. The third-order valence-electron chi connectivity index (χ3n) is 4.56. The number of hydrazone groups is 1. The van der Waals surface area contributed by atoms with Crippen LogP contribution in [0.15, 0.2) is 82.8 Å². The van der Waals surface area contributed by atoms with Crippen molar-refractivity contribution in [2.24, 2.45) is 5.10 Å². The highest BCUT2D eigenvalue weighted by Crippen LogP contribution is 2.26. The number of benzene rings is 3. The number of nitrogens with one attached hydrogen (secondary N) is 1. The molecule has 3 aromatic rings. The second-order valence-electron chi connectivity index (χ2n) is 6.81. The fourth-order valence-electron chi connectivity index (χ4n) is 2.82. The Morgan fingerprint density at radius 3 is 2.26 bits per heavy atom. The van der Waals surface area contributed by atoms with E-state index in [4.69, 9.17) is 16.3 Å². The first kappa shape index (κ1) is 24.7. The van der Waals surface area contributed by atoms with Gasteiger partial charge in [0.15, 0.2) is 0 Å². The summed E-state index contributed by atoms with van der Waals surface area (Å²) in [7, 11) is -2.66. The van der Waals surface area contributed by atoms with Crippen LogP contribution >= 0.6 is 11.6 Å². The van der Waals surface area contributed by atoms with E-state index in [1.807, 2.05) is 0 Å². The van der Waals surface area contributed by atoms with E-state index in [1.165, 1.54) is 86.1 Å². The number of methoxy groups -OCH3 is 1. The molecular formula is C22H19ClN4O6S. The largest absolute Gasteiger partial charge is 0.497 e. The van der Waals surface area contributed by atoms with E-state index in [2.05, 4.69) is 10.5 Å². The zero-order valence-corrected chi connectivity index (χ0v) is 19.4. The van der Waals surface area contributed by atoms with Crippen LogP contribution in [0.25, 0.3) is 0 Å². The van der Waals surface area contributed by atoms with E-state index < -0.39 is 27.4 Å². The zero-order chi connectivity index (χ0) is 24.7. The fourth-order valence-corrected chi connectivity index (χ4v) is 4.37. The van der Waals surface area contributed by atoms with E-state index in [0.717, 1.165) is 4.31 Å². The Labute approximate surface area is 200 Å². The molecule has 3 rings (SSSR count). The first-order valence-corrected chi connectivity index (χ1v) is 11.5. The Morgan fingerprint density at radius 1 is 1.09 bits per heavy atom. The van der Waals surface area contributed by atoms with Gasteiger partial charge in [-0.05, 0) is 66.2 Å². The van der Waals surface area contributed by atoms with Crippen LogP contribution in [0.3, 0.4) is 0 Å². The average Bonchev–Trinajstić information content (AvgIpc) is 2.83. The van der Waals surface area contributed by atoms with Crippen molar-refractivity contribution >= 4 is 45.1 Å². The van der Waals surface area contributed by atoms with E-state index in [-0.39, 0.29) is 16.3 Å². The fraction of sp³-hybridized carbons (Fsp3) is 0.0909. The van der Waals surface area contributed by atoms with Crippen molar-refractivity contribution in [3.63, 3.8) is 0 Å². The van der Waals surface area contributed by atoms with Crippen molar-refractivity contribution in [3.8, 4) is 5.75 Å². The second kappa shape index (κ2) is 10.8. The van der Waals surface area contributed by atoms with Crippen LogP contribution in [0, 0.1) is 10.1 Å². The molecule has 0 atom stereocenters. The van der Waals surface area contributed by atoms with Crippen LogP contribution in [0.4, 0.5) is 11.4 Å².